The quantitative estimate of drug-likeness (QED) is 0.782. The van der Waals surface area contributed by atoms with Crippen LogP contribution < -0.4 is 10.6 Å². The fourth-order valence-electron chi connectivity index (χ4n) is 2.07. The molecule has 0 aliphatic heterocycles. The number of carbonyl (C=O) groups excluding carboxylic acids is 2. The first-order valence-corrected chi connectivity index (χ1v) is 9.09. The minimum atomic E-state index is -0.371. The summed E-state index contributed by atoms with van der Waals surface area (Å²) in [4.78, 5) is 24.1. The van der Waals surface area contributed by atoms with Crippen LogP contribution in [0.2, 0.25) is 0 Å². The second-order valence-electron chi connectivity index (χ2n) is 5.55. The Balaban J connectivity index is 1.77. The summed E-state index contributed by atoms with van der Waals surface area (Å²) in [5.74, 6) is -0.599. The van der Waals surface area contributed by atoms with E-state index in [1.54, 1.807) is 6.92 Å². The molecule has 0 aliphatic carbocycles. The van der Waals surface area contributed by atoms with Gasteiger partial charge in [-0.2, -0.15) is 0 Å². The Hall–Kier alpha value is -2.34. The van der Waals surface area contributed by atoms with Crippen LogP contribution in [0.4, 0.5) is 15.8 Å². The Labute approximate surface area is 151 Å². The van der Waals surface area contributed by atoms with Gasteiger partial charge in [0.2, 0.25) is 11.8 Å². The van der Waals surface area contributed by atoms with Crippen molar-refractivity contribution in [3.8, 4) is 0 Å². The predicted molar refractivity (Wildman–Crippen MR) is 101 cm³/mol. The molecular formula is C19H21FN2O2S. The molecule has 0 saturated heterocycles. The van der Waals surface area contributed by atoms with Gasteiger partial charge in [-0.05, 0) is 55.3 Å². The fourth-order valence-corrected chi connectivity index (χ4v) is 2.76. The van der Waals surface area contributed by atoms with Gasteiger partial charge in [-0.25, -0.2) is 4.39 Å². The third kappa shape index (κ3) is 6.23. The van der Waals surface area contributed by atoms with Gasteiger partial charge in [-0.1, -0.05) is 19.1 Å². The molecule has 4 nitrogen and oxygen atoms in total. The lowest BCUT2D eigenvalue weighted by molar-refractivity contribution is -0.115. The Morgan fingerprint density at radius 2 is 1.56 bits per heavy atom. The molecule has 25 heavy (non-hydrogen) atoms. The van der Waals surface area contributed by atoms with Crippen molar-refractivity contribution in [3.63, 3.8) is 0 Å². The molecule has 0 radical (unpaired) electrons. The molecular weight excluding hydrogens is 339 g/mol. The van der Waals surface area contributed by atoms with Crippen molar-refractivity contribution < 1.29 is 14.0 Å². The van der Waals surface area contributed by atoms with Crippen molar-refractivity contribution in [2.75, 3.05) is 16.4 Å². The highest BCUT2D eigenvalue weighted by Gasteiger charge is 2.15. The summed E-state index contributed by atoms with van der Waals surface area (Å²) in [5.41, 5.74) is 2.48. The summed E-state index contributed by atoms with van der Waals surface area (Å²) in [5, 5.41) is 5.14. The van der Waals surface area contributed by atoms with Gasteiger partial charge in [0.15, 0.2) is 0 Å². The van der Waals surface area contributed by atoms with E-state index >= 15 is 0 Å². The Bertz CT molecular complexity index is 717. The molecule has 6 heteroatoms. The van der Waals surface area contributed by atoms with Gasteiger partial charge in [0.1, 0.15) is 5.82 Å². The first-order valence-electron chi connectivity index (χ1n) is 8.04. The minimum Gasteiger partial charge on any atom is -0.325 e. The third-order valence-electron chi connectivity index (χ3n) is 3.59. The van der Waals surface area contributed by atoms with Gasteiger partial charge < -0.3 is 10.6 Å². The molecule has 0 spiro atoms. The number of carbonyl (C=O) groups is 2. The maximum Gasteiger partial charge on any atom is 0.237 e. The van der Waals surface area contributed by atoms with Gasteiger partial charge >= 0.3 is 0 Å². The van der Waals surface area contributed by atoms with E-state index < -0.39 is 0 Å². The first-order chi connectivity index (χ1) is 12.0. The standard InChI is InChI=1S/C19H21FN2O2S/c1-3-14-4-8-17(9-5-14)22-19(24)13(2)25-12-18(23)21-16-10-6-15(20)7-11-16/h4-11,13H,3,12H2,1-2H3,(H,21,23)(H,22,24). The topological polar surface area (TPSA) is 58.2 Å². The molecule has 132 valence electrons. The Morgan fingerprint density at radius 1 is 1.00 bits per heavy atom. The normalized spacial score (nSPS) is 11.6. The largest absolute Gasteiger partial charge is 0.325 e. The second kappa shape index (κ2) is 9.22. The number of thioether (sulfide) groups is 1. The van der Waals surface area contributed by atoms with Gasteiger partial charge in [-0.15, -0.1) is 11.8 Å². The van der Waals surface area contributed by atoms with E-state index in [0.29, 0.717) is 5.69 Å². The lowest BCUT2D eigenvalue weighted by atomic mass is 10.1. The molecule has 2 aromatic rings. The Morgan fingerprint density at radius 3 is 2.16 bits per heavy atom. The molecule has 1 unspecified atom stereocenters. The zero-order chi connectivity index (χ0) is 18.2. The van der Waals surface area contributed by atoms with Gasteiger partial charge in [0.05, 0.1) is 11.0 Å². The van der Waals surface area contributed by atoms with Crippen LogP contribution in [0.15, 0.2) is 48.5 Å². The van der Waals surface area contributed by atoms with E-state index in [2.05, 4.69) is 17.6 Å². The molecule has 0 aromatic heterocycles. The third-order valence-corrected chi connectivity index (χ3v) is 4.73. The SMILES string of the molecule is CCc1ccc(NC(=O)C(C)SCC(=O)Nc2ccc(F)cc2)cc1. The summed E-state index contributed by atoms with van der Waals surface area (Å²) < 4.78 is 12.8. The molecule has 0 heterocycles. The lowest BCUT2D eigenvalue weighted by Gasteiger charge is -2.12. The zero-order valence-electron chi connectivity index (χ0n) is 14.2. The van der Waals surface area contributed by atoms with Crippen molar-refractivity contribution in [2.45, 2.75) is 25.5 Å². The number of hydrogen-bond donors (Lipinski definition) is 2. The maximum absolute atomic E-state index is 12.8. The minimum absolute atomic E-state index is 0.140. The molecule has 1 atom stereocenters. The predicted octanol–water partition coefficient (Wildman–Crippen LogP) is 4.09. The van der Waals surface area contributed by atoms with E-state index in [4.69, 9.17) is 0 Å². The number of nitrogens with one attached hydrogen (secondary N) is 2. The average Bonchev–Trinajstić information content (AvgIpc) is 2.62. The summed E-state index contributed by atoms with van der Waals surface area (Å²) in [6, 6.07) is 13.2. The monoisotopic (exact) mass is 360 g/mol. The van der Waals surface area contributed by atoms with E-state index in [9.17, 15) is 14.0 Å². The molecule has 0 aliphatic rings. The highest BCUT2D eigenvalue weighted by molar-refractivity contribution is 8.01. The number of halogens is 1. The van der Waals surface area contributed by atoms with Crippen LogP contribution in [0.25, 0.3) is 0 Å². The van der Waals surface area contributed by atoms with E-state index in [-0.39, 0.29) is 28.6 Å². The molecule has 0 bridgehead atoms. The molecule has 2 aromatic carbocycles. The van der Waals surface area contributed by atoms with Crippen LogP contribution in [-0.4, -0.2) is 22.8 Å². The summed E-state index contributed by atoms with van der Waals surface area (Å²) in [6.45, 7) is 3.83. The molecule has 2 N–H and O–H groups in total. The molecule has 2 amide bonds. The van der Waals surface area contributed by atoms with Gasteiger partial charge in [0, 0.05) is 11.4 Å². The number of anilines is 2. The number of aryl methyl sites for hydroxylation is 1. The van der Waals surface area contributed by atoms with Crippen LogP contribution in [0.3, 0.4) is 0 Å². The van der Waals surface area contributed by atoms with E-state index in [1.807, 2.05) is 24.3 Å². The maximum atomic E-state index is 12.8. The first kappa shape index (κ1) is 19.0. The lowest BCUT2D eigenvalue weighted by Crippen LogP contribution is -2.25. The van der Waals surface area contributed by atoms with Crippen molar-refractivity contribution in [2.24, 2.45) is 0 Å². The molecule has 0 saturated carbocycles. The van der Waals surface area contributed by atoms with Crippen molar-refractivity contribution >= 4 is 35.0 Å². The van der Waals surface area contributed by atoms with Gasteiger partial charge in [-0.3, -0.25) is 9.59 Å². The summed E-state index contributed by atoms with van der Waals surface area (Å²) in [6.07, 6.45) is 0.948. The zero-order valence-corrected chi connectivity index (χ0v) is 15.0. The average molecular weight is 360 g/mol. The number of benzene rings is 2. The highest BCUT2D eigenvalue weighted by atomic mass is 32.2. The van der Waals surface area contributed by atoms with Crippen molar-refractivity contribution in [3.05, 3.63) is 59.9 Å². The number of rotatable bonds is 7. The smallest absolute Gasteiger partial charge is 0.237 e. The Kier molecular flexibility index (Phi) is 7.01. The van der Waals surface area contributed by atoms with Crippen LogP contribution in [0, 0.1) is 5.82 Å². The number of hydrogen-bond acceptors (Lipinski definition) is 3. The molecule has 0 fully saturated rings. The van der Waals surface area contributed by atoms with Crippen molar-refractivity contribution in [1.82, 2.24) is 0 Å². The van der Waals surface area contributed by atoms with E-state index in [0.717, 1.165) is 12.1 Å². The summed E-state index contributed by atoms with van der Waals surface area (Å²) in [7, 11) is 0. The van der Waals surface area contributed by atoms with Gasteiger partial charge in [0.25, 0.3) is 0 Å². The van der Waals surface area contributed by atoms with Crippen molar-refractivity contribution in [1.29, 1.82) is 0 Å². The fraction of sp³-hybridized carbons (Fsp3) is 0.263. The highest BCUT2D eigenvalue weighted by Crippen LogP contribution is 2.16. The summed E-state index contributed by atoms with van der Waals surface area (Å²) >= 11 is 1.24. The second-order valence-corrected chi connectivity index (χ2v) is 6.88. The van der Waals surface area contributed by atoms with Crippen LogP contribution in [0.5, 0.6) is 0 Å². The van der Waals surface area contributed by atoms with Crippen LogP contribution in [0.1, 0.15) is 19.4 Å². The molecule has 2 rings (SSSR count). The van der Waals surface area contributed by atoms with E-state index in [1.165, 1.54) is 41.6 Å². The van der Waals surface area contributed by atoms with Crippen LogP contribution in [-0.2, 0) is 16.0 Å². The van der Waals surface area contributed by atoms with Crippen LogP contribution >= 0.6 is 11.8 Å². The number of amides is 2.